The lowest BCUT2D eigenvalue weighted by atomic mass is 10.3. The van der Waals surface area contributed by atoms with Crippen LogP contribution >= 0.6 is 23.2 Å². The van der Waals surface area contributed by atoms with E-state index in [-0.39, 0.29) is 0 Å². The van der Waals surface area contributed by atoms with E-state index in [1.807, 2.05) is 6.07 Å². The molecule has 0 aliphatic heterocycles. The van der Waals surface area contributed by atoms with E-state index in [1.165, 1.54) is 0 Å². The van der Waals surface area contributed by atoms with Crippen LogP contribution in [0, 0.1) is 0 Å². The Hall–Kier alpha value is -0.440. The van der Waals surface area contributed by atoms with Crippen LogP contribution in [0.25, 0.3) is 0 Å². The fraction of sp³-hybridized carbons (Fsp3) is 0.400. The van der Waals surface area contributed by atoms with E-state index in [0.29, 0.717) is 16.6 Å². The molecule has 0 heterocycles. The van der Waals surface area contributed by atoms with Crippen molar-refractivity contribution < 1.29 is 0 Å². The van der Waals surface area contributed by atoms with Crippen LogP contribution in [0.15, 0.2) is 18.2 Å². The predicted molar refractivity (Wildman–Crippen MR) is 63.4 cm³/mol. The van der Waals surface area contributed by atoms with Crippen molar-refractivity contribution in [2.24, 2.45) is 5.73 Å². The zero-order valence-corrected chi connectivity index (χ0v) is 9.65. The van der Waals surface area contributed by atoms with Crippen LogP contribution in [-0.2, 0) is 0 Å². The van der Waals surface area contributed by atoms with Crippen molar-refractivity contribution in [3.63, 3.8) is 0 Å². The van der Waals surface area contributed by atoms with Gasteiger partial charge in [0.2, 0.25) is 0 Å². The highest BCUT2D eigenvalue weighted by atomic mass is 35.5. The molecule has 0 aromatic heterocycles. The molecule has 0 amide bonds. The minimum Gasteiger partial charge on any atom is -0.369 e. The standard InChI is InChI=1S/C10H14Cl2N2/c1-2-14(6-5-13)10-7-8(11)3-4-9(10)12/h3-4,7H,2,5-6,13H2,1H3. The van der Waals surface area contributed by atoms with Crippen molar-refractivity contribution in [3.05, 3.63) is 28.2 Å². The average Bonchev–Trinajstić information content (AvgIpc) is 2.18. The third kappa shape index (κ3) is 2.77. The molecule has 1 rings (SSSR count). The van der Waals surface area contributed by atoms with Gasteiger partial charge in [-0.2, -0.15) is 0 Å². The quantitative estimate of drug-likeness (QED) is 0.866. The lowest BCUT2D eigenvalue weighted by Crippen LogP contribution is -2.29. The smallest absolute Gasteiger partial charge is 0.0640 e. The Morgan fingerprint density at radius 2 is 2.07 bits per heavy atom. The third-order valence-electron chi connectivity index (χ3n) is 2.03. The topological polar surface area (TPSA) is 29.3 Å². The first kappa shape index (κ1) is 11.6. The van der Waals surface area contributed by atoms with Gasteiger partial charge in [0, 0.05) is 24.7 Å². The summed E-state index contributed by atoms with van der Waals surface area (Å²) in [4.78, 5) is 2.11. The van der Waals surface area contributed by atoms with Gasteiger partial charge in [-0.05, 0) is 25.1 Å². The summed E-state index contributed by atoms with van der Waals surface area (Å²) >= 11 is 12.0. The summed E-state index contributed by atoms with van der Waals surface area (Å²) < 4.78 is 0. The number of nitrogens with two attached hydrogens (primary N) is 1. The number of rotatable bonds is 4. The zero-order chi connectivity index (χ0) is 10.6. The maximum Gasteiger partial charge on any atom is 0.0640 e. The number of halogens is 2. The van der Waals surface area contributed by atoms with Crippen molar-refractivity contribution in [2.45, 2.75) is 6.92 Å². The normalized spacial score (nSPS) is 10.3. The molecule has 0 saturated heterocycles. The van der Waals surface area contributed by atoms with Gasteiger partial charge in [0.05, 0.1) is 10.7 Å². The van der Waals surface area contributed by atoms with Crippen molar-refractivity contribution in [1.29, 1.82) is 0 Å². The van der Waals surface area contributed by atoms with Crippen molar-refractivity contribution >= 4 is 28.9 Å². The molecular formula is C10H14Cl2N2. The first-order valence-corrected chi connectivity index (χ1v) is 5.34. The highest BCUT2D eigenvalue weighted by molar-refractivity contribution is 6.35. The molecule has 14 heavy (non-hydrogen) atoms. The Kier molecular flexibility index (Phi) is 4.52. The molecular weight excluding hydrogens is 219 g/mol. The summed E-state index contributed by atoms with van der Waals surface area (Å²) in [6.45, 7) is 4.33. The summed E-state index contributed by atoms with van der Waals surface area (Å²) in [6.07, 6.45) is 0. The number of hydrogen-bond acceptors (Lipinski definition) is 2. The van der Waals surface area contributed by atoms with E-state index < -0.39 is 0 Å². The lowest BCUT2D eigenvalue weighted by molar-refractivity contribution is 0.817. The first-order valence-electron chi connectivity index (χ1n) is 4.59. The molecule has 0 aliphatic rings. The first-order chi connectivity index (χ1) is 6.69. The summed E-state index contributed by atoms with van der Waals surface area (Å²) in [6, 6.07) is 5.45. The number of likely N-dealkylation sites (N-methyl/N-ethyl adjacent to an activating group) is 1. The van der Waals surface area contributed by atoms with Crippen LogP contribution in [0.4, 0.5) is 5.69 Å². The van der Waals surface area contributed by atoms with E-state index in [4.69, 9.17) is 28.9 Å². The highest BCUT2D eigenvalue weighted by Crippen LogP contribution is 2.28. The largest absolute Gasteiger partial charge is 0.369 e. The third-order valence-corrected chi connectivity index (χ3v) is 2.58. The summed E-state index contributed by atoms with van der Waals surface area (Å²) in [5.41, 5.74) is 6.46. The Morgan fingerprint density at radius 3 is 2.64 bits per heavy atom. The van der Waals surface area contributed by atoms with Crippen LogP contribution in [0.1, 0.15) is 6.92 Å². The number of anilines is 1. The summed E-state index contributed by atoms with van der Waals surface area (Å²) in [7, 11) is 0. The van der Waals surface area contributed by atoms with Crippen LogP contribution in [0.3, 0.4) is 0 Å². The number of hydrogen-bond donors (Lipinski definition) is 1. The molecule has 1 aromatic carbocycles. The van der Waals surface area contributed by atoms with E-state index in [1.54, 1.807) is 12.1 Å². The molecule has 0 spiro atoms. The monoisotopic (exact) mass is 232 g/mol. The van der Waals surface area contributed by atoms with Crippen LogP contribution in [0.5, 0.6) is 0 Å². The van der Waals surface area contributed by atoms with Crippen LogP contribution in [-0.4, -0.2) is 19.6 Å². The average molecular weight is 233 g/mol. The number of nitrogens with zero attached hydrogens (tertiary/aromatic N) is 1. The number of benzene rings is 1. The minimum atomic E-state index is 0.608. The molecule has 0 atom stereocenters. The van der Waals surface area contributed by atoms with Crippen molar-refractivity contribution in [3.8, 4) is 0 Å². The molecule has 0 radical (unpaired) electrons. The van der Waals surface area contributed by atoms with Crippen LogP contribution in [0.2, 0.25) is 10.0 Å². The molecule has 78 valence electrons. The second-order valence-corrected chi connectivity index (χ2v) is 3.81. The van der Waals surface area contributed by atoms with Gasteiger partial charge in [-0.15, -0.1) is 0 Å². The van der Waals surface area contributed by atoms with Crippen LogP contribution < -0.4 is 10.6 Å². The predicted octanol–water partition coefficient (Wildman–Crippen LogP) is 2.78. The molecule has 0 bridgehead atoms. The molecule has 1 aromatic rings. The van der Waals surface area contributed by atoms with Gasteiger partial charge in [-0.3, -0.25) is 0 Å². The molecule has 2 N–H and O–H groups in total. The molecule has 4 heteroatoms. The maximum absolute atomic E-state index is 6.06. The fourth-order valence-corrected chi connectivity index (χ4v) is 1.74. The molecule has 0 unspecified atom stereocenters. The second-order valence-electron chi connectivity index (χ2n) is 2.96. The fourth-order valence-electron chi connectivity index (χ4n) is 1.33. The second kappa shape index (κ2) is 5.44. The van der Waals surface area contributed by atoms with Gasteiger partial charge in [-0.1, -0.05) is 23.2 Å². The highest BCUT2D eigenvalue weighted by Gasteiger charge is 2.07. The van der Waals surface area contributed by atoms with E-state index in [9.17, 15) is 0 Å². The van der Waals surface area contributed by atoms with E-state index >= 15 is 0 Å². The molecule has 2 nitrogen and oxygen atoms in total. The van der Waals surface area contributed by atoms with E-state index in [2.05, 4.69) is 11.8 Å². The van der Waals surface area contributed by atoms with Gasteiger partial charge >= 0.3 is 0 Å². The molecule has 0 saturated carbocycles. The maximum atomic E-state index is 6.06. The van der Waals surface area contributed by atoms with Gasteiger partial charge in [0.25, 0.3) is 0 Å². The summed E-state index contributed by atoms with van der Waals surface area (Å²) in [5.74, 6) is 0. The zero-order valence-electron chi connectivity index (χ0n) is 8.13. The van der Waals surface area contributed by atoms with Crippen molar-refractivity contribution in [2.75, 3.05) is 24.5 Å². The minimum absolute atomic E-state index is 0.608. The Bertz CT molecular complexity index is 302. The lowest BCUT2D eigenvalue weighted by Gasteiger charge is -2.23. The van der Waals surface area contributed by atoms with Gasteiger partial charge < -0.3 is 10.6 Å². The van der Waals surface area contributed by atoms with Gasteiger partial charge in [0.1, 0.15) is 0 Å². The Balaban J connectivity index is 2.96. The van der Waals surface area contributed by atoms with Gasteiger partial charge in [-0.25, -0.2) is 0 Å². The van der Waals surface area contributed by atoms with Crippen molar-refractivity contribution in [1.82, 2.24) is 0 Å². The van der Waals surface area contributed by atoms with Gasteiger partial charge in [0.15, 0.2) is 0 Å². The van der Waals surface area contributed by atoms with E-state index in [0.717, 1.165) is 18.8 Å². The summed E-state index contributed by atoms with van der Waals surface area (Å²) in [5, 5.41) is 1.41. The SMILES string of the molecule is CCN(CCN)c1cc(Cl)ccc1Cl. The Labute approximate surface area is 94.6 Å². The molecule has 0 aliphatic carbocycles. The Morgan fingerprint density at radius 1 is 1.36 bits per heavy atom. The molecule has 0 fully saturated rings.